The summed E-state index contributed by atoms with van der Waals surface area (Å²) in [5.41, 5.74) is -1.28. The quantitative estimate of drug-likeness (QED) is 0.674. The lowest BCUT2D eigenvalue weighted by atomic mass is 10.2. The van der Waals surface area contributed by atoms with E-state index in [1.54, 1.807) is 0 Å². The summed E-state index contributed by atoms with van der Waals surface area (Å²) in [4.78, 5) is 15.1. The minimum Gasteiger partial charge on any atom is -0.314 e. The van der Waals surface area contributed by atoms with Crippen LogP contribution < -0.4 is 5.56 Å². The number of nitrogens with zero attached hydrogens (tertiary/aromatic N) is 3. The van der Waals surface area contributed by atoms with Gasteiger partial charge in [-0.1, -0.05) is 5.16 Å². The summed E-state index contributed by atoms with van der Waals surface area (Å²) in [6.45, 7) is 0. The Hall–Kier alpha value is -2.64. The first-order valence-corrected chi connectivity index (χ1v) is 5.06. The molecule has 0 atom stereocenters. The van der Waals surface area contributed by atoms with E-state index in [4.69, 9.17) is 4.52 Å². The Bertz CT molecular complexity index is 841. The Kier molecular flexibility index (Phi) is 2.37. The molecule has 0 aliphatic carbocycles. The molecule has 19 heavy (non-hydrogen) atoms. The molecule has 0 aliphatic rings. The second kappa shape index (κ2) is 3.94. The van der Waals surface area contributed by atoms with E-state index < -0.39 is 23.0 Å². The fraction of sp³-hybridized carbons (Fsp3) is 0. The average Bonchev–Trinajstić information content (AvgIpc) is 2.78. The number of aromatic nitrogens is 3. The number of fused-ring (bicyclic) bond motifs is 1. The molecule has 96 valence electrons. The van der Waals surface area contributed by atoms with Crippen molar-refractivity contribution in [1.29, 1.82) is 0 Å². The molecule has 0 N–H and O–H groups in total. The molecule has 0 unspecified atom stereocenters. The van der Waals surface area contributed by atoms with Crippen molar-refractivity contribution in [2.45, 2.75) is 0 Å². The third-order valence-corrected chi connectivity index (χ3v) is 2.48. The van der Waals surface area contributed by atoms with E-state index >= 15 is 0 Å². The molecule has 0 saturated carbocycles. The van der Waals surface area contributed by atoms with Gasteiger partial charge in [0, 0.05) is 6.07 Å². The van der Waals surface area contributed by atoms with E-state index in [1.165, 1.54) is 0 Å². The van der Waals surface area contributed by atoms with Gasteiger partial charge in [0.25, 0.3) is 5.56 Å². The highest BCUT2D eigenvalue weighted by atomic mass is 19.1. The van der Waals surface area contributed by atoms with E-state index in [0.717, 1.165) is 12.1 Å². The van der Waals surface area contributed by atoms with Crippen molar-refractivity contribution >= 4 is 5.84 Å². The lowest BCUT2D eigenvalue weighted by molar-refractivity contribution is 0.445. The van der Waals surface area contributed by atoms with Crippen LogP contribution >= 0.6 is 0 Å². The Morgan fingerprint density at radius 1 is 1.16 bits per heavy atom. The van der Waals surface area contributed by atoms with Gasteiger partial charge < -0.3 is 4.52 Å². The summed E-state index contributed by atoms with van der Waals surface area (Å²) < 4.78 is 45.0. The van der Waals surface area contributed by atoms with Crippen molar-refractivity contribution in [1.82, 2.24) is 14.5 Å². The highest BCUT2D eigenvalue weighted by Gasteiger charge is 2.18. The zero-order valence-electron chi connectivity index (χ0n) is 9.10. The normalized spacial score (nSPS) is 11.1. The maximum Gasteiger partial charge on any atom is 0.335 e. The largest absolute Gasteiger partial charge is 0.335 e. The maximum atomic E-state index is 13.6. The van der Waals surface area contributed by atoms with Crippen LogP contribution in [0.15, 0.2) is 33.7 Å². The highest BCUT2D eigenvalue weighted by Crippen LogP contribution is 2.21. The third-order valence-electron chi connectivity index (χ3n) is 2.48. The van der Waals surface area contributed by atoms with Gasteiger partial charge >= 0.3 is 5.84 Å². The first kappa shape index (κ1) is 11.5. The summed E-state index contributed by atoms with van der Waals surface area (Å²) in [7, 11) is 0. The average molecular weight is 267 g/mol. The van der Waals surface area contributed by atoms with Crippen LogP contribution in [0.5, 0.6) is 0 Å². The van der Waals surface area contributed by atoms with Crippen LogP contribution in [-0.4, -0.2) is 14.5 Å². The molecule has 2 aromatic heterocycles. The predicted molar refractivity (Wildman–Crippen MR) is 56.8 cm³/mol. The minimum atomic E-state index is -1.13. The van der Waals surface area contributed by atoms with E-state index in [1.807, 2.05) is 0 Å². The van der Waals surface area contributed by atoms with E-state index in [-0.39, 0.29) is 17.2 Å². The van der Waals surface area contributed by atoms with Crippen LogP contribution in [0.1, 0.15) is 0 Å². The summed E-state index contributed by atoms with van der Waals surface area (Å²) in [5, 5.41) is 3.45. The number of rotatable bonds is 1. The second-order valence-corrected chi connectivity index (χ2v) is 3.66. The van der Waals surface area contributed by atoms with Crippen molar-refractivity contribution in [3.05, 3.63) is 52.2 Å². The lowest BCUT2D eigenvalue weighted by Crippen LogP contribution is -2.18. The Labute approximate surface area is 102 Å². The van der Waals surface area contributed by atoms with Crippen LogP contribution in [0.25, 0.3) is 17.2 Å². The molecule has 5 nitrogen and oxygen atoms in total. The van der Waals surface area contributed by atoms with Crippen LogP contribution in [0.4, 0.5) is 13.2 Å². The van der Waals surface area contributed by atoms with Gasteiger partial charge in [-0.15, -0.1) is 0 Å². The van der Waals surface area contributed by atoms with Crippen LogP contribution in [0.2, 0.25) is 0 Å². The van der Waals surface area contributed by atoms with Crippen LogP contribution in [0, 0.1) is 17.5 Å². The van der Waals surface area contributed by atoms with Crippen molar-refractivity contribution < 1.29 is 17.7 Å². The third kappa shape index (κ3) is 1.68. The summed E-state index contributed by atoms with van der Waals surface area (Å²) in [6, 6.07) is 2.67. The minimum absolute atomic E-state index is 0.199. The topological polar surface area (TPSA) is 60.4 Å². The Morgan fingerprint density at radius 2 is 1.95 bits per heavy atom. The fourth-order valence-electron chi connectivity index (χ4n) is 1.64. The Morgan fingerprint density at radius 3 is 2.68 bits per heavy atom. The summed E-state index contributed by atoms with van der Waals surface area (Å²) in [6.07, 6.45) is 0.674. The predicted octanol–water partition coefficient (Wildman–Crippen LogP) is 1.77. The van der Waals surface area contributed by atoms with Gasteiger partial charge in [-0.3, -0.25) is 4.79 Å². The number of hydrogen-bond donors (Lipinski definition) is 0. The number of benzene rings is 1. The molecule has 0 amide bonds. The van der Waals surface area contributed by atoms with E-state index in [9.17, 15) is 18.0 Å². The first-order valence-electron chi connectivity index (χ1n) is 5.06. The number of halogens is 3. The molecule has 0 bridgehead atoms. The highest BCUT2D eigenvalue weighted by molar-refractivity contribution is 5.57. The molecule has 0 radical (unpaired) electrons. The van der Waals surface area contributed by atoms with Gasteiger partial charge in [-0.25, -0.2) is 13.2 Å². The molecular weight excluding hydrogens is 263 g/mol. The van der Waals surface area contributed by atoms with Gasteiger partial charge in [-0.05, 0) is 12.1 Å². The zero-order valence-corrected chi connectivity index (χ0v) is 9.10. The van der Waals surface area contributed by atoms with E-state index in [2.05, 4.69) is 10.1 Å². The molecule has 3 aromatic rings. The molecule has 0 fully saturated rings. The van der Waals surface area contributed by atoms with Gasteiger partial charge in [-0.2, -0.15) is 9.37 Å². The molecule has 1 aromatic carbocycles. The maximum absolute atomic E-state index is 13.6. The SMILES string of the molecule is O=c1c(F)cnc2onc(-c3ccc(F)cc3F)n12. The fourth-order valence-corrected chi connectivity index (χ4v) is 1.64. The first-order chi connectivity index (χ1) is 9.08. The van der Waals surface area contributed by atoms with Crippen molar-refractivity contribution in [3.8, 4) is 11.4 Å². The van der Waals surface area contributed by atoms with E-state index in [0.29, 0.717) is 16.7 Å². The standard InChI is InChI=1S/C11H4F3N3O2/c12-5-1-2-6(7(13)3-5)9-16-19-11-15-4-8(14)10(18)17(9)11/h1-4H. The smallest absolute Gasteiger partial charge is 0.314 e. The number of hydrogen-bond acceptors (Lipinski definition) is 4. The van der Waals surface area contributed by atoms with Crippen LogP contribution in [-0.2, 0) is 0 Å². The molecule has 0 aliphatic heterocycles. The molecule has 0 saturated heterocycles. The summed E-state index contributed by atoms with van der Waals surface area (Å²) >= 11 is 0. The van der Waals surface area contributed by atoms with Gasteiger partial charge in [0.05, 0.1) is 11.8 Å². The second-order valence-electron chi connectivity index (χ2n) is 3.66. The molecule has 3 rings (SSSR count). The zero-order chi connectivity index (χ0) is 13.6. The van der Waals surface area contributed by atoms with Gasteiger partial charge in [0.2, 0.25) is 5.82 Å². The van der Waals surface area contributed by atoms with Crippen molar-refractivity contribution in [2.24, 2.45) is 0 Å². The molecule has 0 spiro atoms. The van der Waals surface area contributed by atoms with Crippen molar-refractivity contribution in [2.75, 3.05) is 0 Å². The molecule has 2 heterocycles. The van der Waals surface area contributed by atoms with Crippen molar-refractivity contribution in [3.63, 3.8) is 0 Å². The monoisotopic (exact) mass is 267 g/mol. The Balaban J connectivity index is 2.37. The lowest BCUT2D eigenvalue weighted by Gasteiger charge is -1.99. The molecule has 8 heteroatoms. The van der Waals surface area contributed by atoms with Gasteiger partial charge in [0.1, 0.15) is 11.6 Å². The van der Waals surface area contributed by atoms with Gasteiger partial charge in [0.15, 0.2) is 5.82 Å². The van der Waals surface area contributed by atoms with Crippen LogP contribution in [0.3, 0.4) is 0 Å². The summed E-state index contributed by atoms with van der Waals surface area (Å²) in [5.74, 6) is -3.45. The molecular formula is C11H4F3N3O2.